The van der Waals surface area contributed by atoms with Gasteiger partial charge in [-0.3, -0.25) is 18.6 Å². The zero-order valence-electron chi connectivity index (χ0n) is 38.9. The highest BCUT2D eigenvalue weighted by Gasteiger charge is 2.51. The summed E-state index contributed by atoms with van der Waals surface area (Å²) in [5.74, 6) is -1.12. The number of esters is 2. The molecule has 366 valence electrons. The minimum atomic E-state index is -5.13. The Morgan fingerprint density at radius 1 is 0.492 bits per heavy atom. The van der Waals surface area contributed by atoms with E-state index >= 15 is 0 Å². The number of carbonyl (C=O) groups excluding carboxylic acids is 2. The van der Waals surface area contributed by atoms with Crippen molar-refractivity contribution in [2.24, 2.45) is 0 Å². The summed E-state index contributed by atoms with van der Waals surface area (Å²) in [4.78, 5) is 35.8. The molecule has 6 atom stereocenters. The number of rotatable bonds is 40. The van der Waals surface area contributed by atoms with Crippen LogP contribution in [0.5, 0.6) is 0 Å². The molecule has 0 saturated heterocycles. The Balaban J connectivity index is 2.44. The van der Waals surface area contributed by atoms with Gasteiger partial charge in [-0.1, -0.05) is 152 Å². The Kier molecular flexibility index (Phi) is 36.4. The molecule has 0 aromatic carbocycles. The van der Waals surface area contributed by atoms with E-state index in [1.54, 1.807) is 0 Å². The SMILES string of the molecule is CCCCCC=CCC=CCCCCCCCCCCCC(=O)OC(COC(=O)CCCCCCCC=CCC=CCCCCC)COP(=O)(O)OC1C(O)C(O)C(O)C(O)C1O. The van der Waals surface area contributed by atoms with Gasteiger partial charge in [0.15, 0.2) is 6.10 Å². The highest BCUT2D eigenvalue weighted by Crippen LogP contribution is 2.47. The second-order valence-corrected chi connectivity index (χ2v) is 18.4. The highest BCUT2D eigenvalue weighted by atomic mass is 31.2. The second-order valence-electron chi connectivity index (χ2n) is 17.0. The van der Waals surface area contributed by atoms with Crippen molar-refractivity contribution in [3.05, 3.63) is 48.6 Å². The number of hydrogen-bond donors (Lipinski definition) is 6. The Morgan fingerprint density at radius 3 is 1.29 bits per heavy atom. The smallest absolute Gasteiger partial charge is 0.462 e. The zero-order chi connectivity index (χ0) is 46.4. The molecule has 0 aromatic heterocycles. The van der Waals surface area contributed by atoms with Crippen molar-refractivity contribution in [2.75, 3.05) is 13.2 Å². The van der Waals surface area contributed by atoms with Crippen molar-refractivity contribution >= 4 is 19.8 Å². The average molecular weight is 915 g/mol. The first kappa shape index (κ1) is 58.8. The molecule has 13 nitrogen and oxygen atoms in total. The number of aliphatic hydroxyl groups excluding tert-OH is 5. The van der Waals surface area contributed by atoms with Crippen LogP contribution in [-0.2, 0) is 32.7 Å². The van der Waals surface area contributed by atoms with E-state index in [2.05, 4.69) is 62.5 Å². The monoisotopic (exact) mass is 915 g/mol. The maximum absolute atomic E-state index is 12.8. The summed E-state index contributed by atoms with van der Waals surface area (Å²) in [7, 11) is -5.13. The van der Waals surface area contributed by atoms with Crippen LogP contribution in [0.4, 0.5) is 0 Å². The van der Waals surface area contributed by atoms with Gasteiger partial charge in [-0.15, -0.1) is 0 Å². The number of aliphatic hydroxyl groups is 5. The number of unbranched alkanes of at least 4 members (excludes halogenated alkanes) is 20. The van der Waals surface area contributed by atoms with Crippen molar-refractivity contribution in [3.63, 3.8) is 0 Å². The molecule has 0 aliphatic heterocycles. The predicted octanol–water partition coefficient (Wildman–Crippen LogP) is 9.95. The summed E-state index contributed by atoms with van der Waals surface area (Å²) < 4.78 is 33.6. The molecule has 0 amide bonds. The van der Waals surface area contributed by atoms with Crippen LogP contribution < -0.4 is 0 Å². The average Bonchev–Trinajstić information content (AvgIpc) is 3.26. The third-order valence-corrected chi connectivity index (χ3v) is 12.1. The largest absolute Gasteiger partial charge is 0.472 e. The van der Waals surface area contributed by atoms with Gasteiger partial charge < -0.3 is 39.9 Å². The normalized spacial score (nSPS) is 22.1. The summed E-state index contributed by atoms with van der Waals surface area (Å²) >= 11 is 0. The van der Waals surface area contributed by atoms with Crippen molar-refractivity contribution in [1.82, 2.24) is 0 Å². The molecule has 1 rings (SSSR count). The number of phosphoric acid groups is 1. The number of carbonyl (C=O) groups is 2. The van der Waals surface area contributed by atoms with Crippen LogP contribution in [-0.4, -0.2) is 98.3 Å². The second kappa shape index (κ2) is 39.0. The fourth-order valence-corrected chi connectivity index (χ4v) is 8.14. The van der Waals surface area contributed by atoms with Crippen molar-refractivity contribution < 1.29 is 63.1 Å². The molecule has 1 saturated carbocycles. The summed E-state index contributed by atoms with van der Waals surface area (Å²) in [6, 6.07) is 0. The summed E-state index contributed by atoms with van der Waals surface area (Å²) in [5, 5.41) is 50.2. The third-order valence-electron chi connectivity index (χ3n) is 11.1. The minimum Gasteiger partial charge on any atom is -0.462 e. The molecule has 0 aromatic rings. The van der Waals surface area contributed by atoms with Gasteiger partial charge >= 0.3 is 19.8 Å². The maximum Gasteiger partial charge on any atom is 0.472 e. The lowest BCUT2D eigenvalue weighted by Crippen LogP contribution is -2.64. The molecule has 0 bridgehead atoms. The van der Waals surface area contributed by atoms with Crippen LogP contribution in [0.3, 0.4) is 0 Å². The maximum atomic E-state index is 12.8. The molecule has 6 unspecified atom stereocenters. The molecule has 0 radical (unpaired) electrons. The fourth-order valence-electron chi connectivity index (χ4n) is 7.17. The number of hydrogen-bond acceptors (Lipinski definition) is 12. The minimum absolute atomic E-state index is 0.0877. The van der Waals surface area contributed by atoms with Gasteiger partial charge in [-0.25, -0.2) is 4.57 Å². The van der Waals surface area contributed by atoms with Gasteiger partial charge in [0.1, 0.15) is 43.2 Å². The summed E-state index contributed by atoms with van der Waals surface area (Å²) in [6.07, 6.45) is 32.9. The van der Waals surface area contributed by atoms with Gasteiger partial charge in [0.2, 0.25) is 0 Å². The first-order valence-electron chi connectivity index (χ1n) is 24.4. The topological polar surface area (TPSA) is 210 Å². The Morgan fingerprint density at radius 2 is 0.857 bits per heavy atom. The van der Waals surface area contributed by atoms with Crippen LogP contribution >= 0.6 is 7.82 Å². The first-order chi connectivity index (χ1) is 30.4. The van der Waals surface area contributed by atoms with Crippen molar-refractivity contribution in [2.45, 2.75) is 236 Å². The van der Waals surface area contributed by atoms with Crippen molar-refractivity contribution in [1.29, 1.82) is 0 Å². The van der Waals surface area contributed by atoms with E-state index in [1.807, 2.05) is 0 Å². The van der Waals surface area contributed by atoms with E-state index in [0.717, 1.165) is 83.5 Å². The van der Waals surface area contributed by atoms with E-state index in [-0.39, 0.29) is 12.8 Å². The van der Waals surface area contributed by atoms with Crippen LogP contribution in [0.2, 0.25) is 0 Å². The van der Waals surface area contributed by atoms with Gasteiger partial charge in [0.05, 0.1) is 6.61 Å². The Bertz CT molecular complexity index is 1290. The number of ether oxygens (including phenoxy) is 2. The molecular formula is C49H87O13P. The van der Waals surface area contributed by atoms with Gasteiger partial charge in [-0.05, 0) is 77.0 Å². The Labute approximate surface area is 380 Å². The van der Waals surface area contributed by atoms with Crippen molar-refractivity contribution in [3.8, 4) is 0 Å². The zero-order valence-corrected chi connectivity index (χ0v) is 39.8. The molecule has 14 heteroatoms. The fraction of sp³-hybridized carbons (Fsp3) is 0.796. The lowest BCUT2D eigenvalue weighted by Gasteiger charge is -2.41. The lowest BCUT2D eigenvalue weighted by molar-refractivity contribution is -0.220. The van der Waals surface area contributed by atoms with E-state index in [0.29, 0.717) is 12.8 Å². The molecule has 0 heterocycles. The van der Waals surface area contributed by atoms with Gasteiger partial charge in [-0.2, -0.15) is 0 Å². The predicted molar refractivity (Wildman–Crippen MR) is 249 cm³/mol. The first-order valence-corrected chi connectivity index (χ1v) is 25.9. The lowest BCUT2D eigenvalue weighted by atomic mass is 9.85. The number of allylic oxidation sites excluding steroid dienone is 8. The highest BCUT2D eigenvalue weighted by molar-refractivity contribution is 7.47. The molecule has 6 N–H and O–H groups in total. The van der Waals surface area contributed by atoms with Crippen LogP contribution in [0.1, 0.15) is 194 Å². The van der Waals surface area contributed by atoms with E-state index in [4.69, 9.17) is 18.5 Å². The molecule has 0 spiro atoms. The van der Waals surface area contributed by atoms with E-state index in [9.17, 15) is 44.6 Å². The number of phosphoric ester groups is 1. The van der Waals surface area contributed by atoms with E-state index in [1.165, 1.54) is 70.6 Å². The summed E-state index contributed by atoms with van der Waals surface area (Å²) in [6.45, 7) is 3.24. The molecule has 63 heavy (non-hydrogen) atoms. The molecule has 1 aliphatic carbocycles. The molecule has 1 aliphatic rings. The quantitative estimate of drug-likeness (QED) is 0.0147. The van der Waals surface area contributed by atoms with Gasteiger partial charge in [0, 0.05) is 12.8 Å². The summed E-state index contributed by atoms with van der Waals surface area (Å²) in [5.41, 5.74) is 0. The van der Waals surface area contributed by atoms with Gasteiger partial charge in [0.25, 0.3) is 0 Å². The van der Waals surface area contributed by atoms with Crippen LogP contribution in [0.25, 0.3) is 0 Å². The Hall–Kier alpha value is -2.19. The third kappa shape index (κ3) is 31.4. The van der Waals surface area contributed by atoms with Crippen LogP contribution in [0.15, 0.2) is 48.6 Å². The standard InChI is InChI=1S/C49H87O13P/c1-3-5-7-9-11-13-15-17-19-20-21-22-24-26-28-30-32-34-36-38-43(51)61-41(40-60-63(57,58)62-49-47(55)45(53)44(52)46(54)48(49)56)39-59-42(50)37-35-33-31-29-27-25-23-18-16-14-12-10-8-6-4-2/h11-14,17-19,23,41,44-49,52-56H,3-10,15-16,20-22,24-40H2,1-2H3,(H,57,58). The molecule has 1 fully saturated rings. The molecular weight excluding hydrogens is 828 g/mol. The van der Waals surface area contributed by atoms with E-state index < -0.39 is 75.7 Å². The van der Waals surface area contributed by atoms with Crippen LogP contribution in [0, 0.1) is 0 Å².